The zero-order valence-electron chi connectivity index (χ0n) is 7.38. The van der Waals surface area contributed by atoms with Crippen LogP contribution < -0.4 is 10.1 Å². The molecule has 1 N–H and O–H groups in total. The van der Waals surface area contributed by atoms with Gasteiger partial charge in [0.1, 0.15) is 5.75 Å². The Kier molecular flexibility index (Phi) is 2.04. The molecule has 2 rings (SSSR count). The molecule has 1 aliphatic rings. The van der Waals surface area contributed by atoms with Crippen molar-refractivity contribution in [1.82, 2.24) is 4.98 Å². The Balaban J connectivity index is 2.22. The van der Waals surface area contributed by atoms with Crippen molar-refractivity contribution in [2.45, 2.75) is 18.9 Å². The van der Waals surface area contributed by atoms with E-state index in [2.05, 4.69) is 10.3 Å². The van der Waals surface area contributed by atoms with E-state index in [0.29, 0.717) is 5.75 Å². The average molecular weight is 182 g/mol. The van der Waals surface area contributed by atoms with Crippen molar-refractivity contribution in [2.24, 2.45) is 0 Å². The molecule has 0 aromatic carbocycles. The number of nitrogens with zero attached hydrogens (tertiary/aromatic N) is 1. The van der Waals surface area contributed by atoms with Crippen LogP contribution in [0.5, 0.6) is 5.75 Å². The molecule has 0 unspecified atom stereocenters. The number of rotatable bonds is 3. The molecular weight excluding hydrogens is 171 g/mol. The van der Waals surface area contributed by atoms with E-state index in [4.69, 9.17) is 4.74 Å². The van der Waals surface area contributed by atoms with Crippen LogP contribution in [-0.2, 0) is 0 Å². The maximum absolute atomic E-state index is 12.7. The third-order valence-electron chi connectivity index (χ3n) is 1.92. The Bertz CT molecular complexity index is 312. The van der Waals surface area contributed by atoms with Crippen molar-refractivity contribution in [3.05, 3.63) is 18.2 Å². The van der Waals surface area contributed by atoms with E-state index in [9.17, 15) is 4.39 Å². The minimum Gasteiger partial charge on any atom is -0.488 e. The summed E-state index contributed by atoms with van der Waals surface area (Å²) in [4.78, 5) is 3.53. The summed E-state index contributed by atoms with van der Waals surface area (Å²) in [5, 5.41) is 2.90. The van der Waals surface area contributed by atoms with Gasteiger partial charge in [-0.2, -0.15) is 4.39 Å². The molecule has 1 aromatic rings. The minimum absolute atomic E-state index is 0.272. The Morgan fingerprint density at radius 3 is 3.00 bits per heavy atom. The summed E-state index contributed by atoms with van der Waals surface area (Å²) >= 11 is 0. The van der Waals surface area contributed by atoms with Gasteiger partial charge in [0.2, 0.25) is 5.95 Å². The minimum atomic E-state index is -0.505. The molecule has 0 amide bonds. The van der Waals surface area contributed by atoms with E-state index < -0.39 is 5.95 Å². The highest BCUT2D eigenvalue weighted by Crippen LogP contribution is 2.31. The molecule has 1 fully saturated rings. The molecule has 0 spiro atoms. The fourth-order valence-electron chi connectivity index (χ4n) is 1.06. The Hall–Kier alpha value is -1.32. The molecular formula is C9H11FN2O. The summed E-state index contributed by atoms with van der Waals surface area (Å²) in [6, 6.07) is 1.31. The smallest absolute Gasteiger partial charge is 0.216 e. The molecule has 1 aromatic heterocycles. The van der Waals surface area contributed by atoms with Gasteiger partial charge in [-0.05, 0) is 12.8 Å². The molecule has 70 valence electrons. The van der Waals surface area contributed by atoms with Crippen LogP contribution in [0, 0.1) is 5.95 Å². The maximum Gasteiger partial charge on any atom is 0.216 e. The van der Waals surface area contributed by atoms with Gasteiger partial charge in [0.05, 0.1) is 18.0 Å². The van der Waals surface area contributed by atoms with Gasteiger partial charge in [0.25, 0.3) is 0 Å². The molecule has 1 heterocycles. The number of hydrogen-bond acceptors (Lipinski definition) is 3. The fourth-order valence-corrected chi connectivity index (χ4v) is 1.06. The molecule has 0 bridgehead atoms. The van der Waals surface area contributed by atoms with Crippen LogP contribution in [0.3, 0.4) is 0 Å². The summed E-state index contributed by atoms with van der Waals surface area (Å²) in [5.41, 5.74) is 0.730. The van der Waals surface area contributed by atoms with Gasteiger partial charge in [0.15, 0.2) is 0 Å². The lowest BCUT2D eigenvalue weighted by atomic mass is 10.4. The quantitative estimate of drug-likeness (QED) is 0.724. The van der Waals surface area contributed by atoms with E-state index in [0.717, 1.165) is 18.5 Å². The third-order valence-corrected chi connectivity index (χ3v) is 1.92. The van der Waals surface area contributed by atoms with Crippen LogP contribution in [0.4, 0.5) is 10.1 Å². The van der Waals surface area contributed by atoms with Gasteiger partial charge in [-0.15, -0.1) is 0 Å². The molecule has 1 aliphatic carbocycles. The van der Waals surface area contributed by atoms with Crippen molar-refractivity contribution in [3.8, 4) is 5.75 Å². The Labute approximate surface area is 75.9 Å². The van der Waals surface area contributed by atoms with Crippen LogP contribution in [0.1, 0.15) is 12.8 Å². The predicted octanol–water partition coefficient (Wildman–Crippen LogP) is 1.80. The summed E-state index contributed by atoms with van der Waals surface area (Å²) in [6.45, 7) is 0. The lowest BCUT2D eigenvalue weighted by Crippen LogP contribution is -2.01. The van der Waals surface area contributed by atoms with Gasteiger partial charge in [-0.3, -0.25) is 0 Å². The van der Waals surface area contributed by atoms with E-state index in [1.807, 2.05) is 0 Å². The van der Waals surface area contributed by atoms with E-state index in [1.165, 1.54) is 12.3 Å². The monoisotopic (exact) mass is 182 g/mol. The van der Waals surface area contributed by atoms with E-state index in [-0.39, 0.29) is 6.10 Å². The highest BCUT2D eigenvalue weighted by molar-refractivity contribution is 5.54. The number of hydrogen-bond donors (Lipinski definition) is 1. The second-order valence-corrected chi connectivity index (χ2v) is 3.07. The molecule has 0 saturated heterocycles. The number of nitrogens with one attached hydrogen (secondary N) is 1. The van der Waals surface area contributed by atoms with Crippen LogP contribution in [0.15, 0.2) is 12.3 Å². The van der Waals surface area contributed by atoms with Crippen LogP contribution in [0.2, 0.25) is 0 Å². The van der Waals surface area contributed by atoms with Crippen molar-refractivity contribution < 1.29 is 9.13 Å². The molecule has 1 saturated carbocycles. The SMILES string of the molecule is CNc1cnc(F)cc1OC1CC1. The summed E-state index contributed by atoms with van der Waals surface area (Å²) in [5.74, 6) is 0.0483. The number of pyridine rings is 1. The van der Waals surface area contributed by atoms with Crippen molar-refractivity contribution in [1.29, 1.82) is 0 Å². The number of halogens is 1. The molecule has 0 radical (unpaired) electrons. The predicted molar refractivity (Wildman–Crippen MR) is 47.4 cm³/mol. The largest absolute Gasteiger partial charge is 0.488 e. The first-order valence-electron chi connectivity index (χ1n) is 4.29. The van der Waals surface area contributed by atoms with Gasteiger partial charge in [-0.25, -0.2) is 4.98 Å². The fraction of sp³-hybridized carbons (Fsp3) is 0.444. The topological polar surface area (TPSA) is 34.2 Å². The summed E-state index contributed by atoms with van der Waals surface area (Å²) in [6.07, 6.45) is 3.83. The van der Waals surface area contributed by atoms with Crippen molar-refractivity contribution >= 4 is 5.69 Å². The Morgan fingerprint density at radius 2 is 2.38 bits per heavy atom. The lowest BCUT2D eigenvalue weighted by Gasteiger charge is -2.09. The summed E-state index contributed by atoms with van der Waals surface area (Å²) in [7, 11) is 1.76. The number of anilines is 1. The normalized spacial score (nSPS) is 15.5. The van der Waals surface area contributed by atoms with Gasteiger partial charge in [-0.1, -0.05) is 0 Å². The zero-order chi connectivity index (χ0) is 9.26. The highest BCUT2D eigenvalue weighted by atomic mass is 19.1. The first kappa shape index (κ1) is 8.29. The first-order valence-corrected chi connectivity index (χ1v) is 4.29. The molecule has 4 heteroatoms. The van der Waals surface area contributed by atoms with Crippen molar-refractivity contribution in [3.63, 3.8) is 0 Å². The average Bonchev–Trinajstić information content (AvgIpc) is 2.89. The molecule has 0 atom stereocenters. The molecule has 13 heavy (non-hydrogen) atoms. The van der Waals surface area contributed by atoms with Crippen LogP contribution in [0.25, 0.3) is 0 Å². The maximum atomic E-state index is 12.7. The van der Waals surface area contributed by atoms with Crippen LogP contribution >= 0.6 is 0 Å². The molecule has 0 aliphatic heterocycles. The zero-order valence-corrected chi connectivity index (χ0v) is 7.38. The second kappa shape index (κ2) is 3.20. The van der Waals surface area contributed by atoms with Gasteiger partial charge >= 0.3 is 0 Å². The van der Waals surface area contributed by atoms with E-state index >= 15 is 0 Å². The van der Waals surface area contributed by atoms with Crippen LogP contribution in [-0.4, -0.2) is 18.1 Å². The highest BCUT2D eigenvalue weighted by Gasteiger charge is 2.24. The van der Waals surface area contributed by atoms with Crippen molar-refractivity contribution in [2.75, 3.05) is 12.4 Å². The van der Waals surface area contributed by atoms with Gasteiger partial charge < -0.3 is 10.1 Å². The van der Waals surface area contributed by atoms with E-state index in [1.54, 1.807) is 7.05 Å². The third kappa shape index (κ3) is 1.88. The molecule has 3 nitrogen and oxygen atoms in total. The summed E-state index contributed by atoms with van der Waals surface area (Å²) < 4.78 is 18.2. The second-order valence-electron chi connectivity index (χ2n) is 3.07. The van der Waals surface area contributed by atoms with Gasteiger partial charge in [0, 0.05) is 13.1 Å². The standard InChI is InChI=1S/C9H11FN2O/c1-11-7-5-12-9(10)4-8(7)13-6-2-3-6/h4-6,11H,2-3H2,1H3. The number of aromatic nitrogens is 1. The lowest BCUT2D eigenvalue weighted by molar-refractivity contribution is 0.302. The number of ether oxygens (including phenoxy) is 1. The Morgan fingerprint density at radius 1 is 1.62 bits per heavy atom. The first-order chi connectivity index (χ1) is 6.29.